The van der Waals surface area contributed by atoms with Gasteiger partial charge in [-0.15, -0.1) is 6.58 Å². The van der Waals surface area contributed by atoms with Gasteiger partial charge < -0.3 is 19.5 Å². The summed E-state index contributed by atoms with van der Waals surface area (Å²) < 4.78 is 15.9. The number of fused-ring (bicyclic) bond motifs is 2. The highest BCUT2D eigenvalue weighted by Gasteiger charge is 2.79. The van der Waals surface area contributed by atoms with Crippen molar-refractivity contribution < 1.29 is 28.6 Å². The molecule has 0 bridgehead atoms. The molecule has 1 amide bonds. The number of hydrogen-bond donors (Lipinski definition) is 1. The van der Waals surface area contributed by atoms with Gasteiger partial charge in [0.2, 0.25) is 12.6 Å². The molecule has 0 unspecified atom stereocenters. The van der Waals surface area contributed by atoms with Gasteiger partial charge in [-0.05, 0) is 31.0 Å². The van der Waals surface area contributed by atoms with Gasteiger partial charge >= 0.3 is 5.97 Å². The minimum Gasteiger partial charge on any atom is -0.465 e. The highest BCUT2D eigenvalue weighted by atomic mass is 16.7. The van der Waals surface area contributed by atoms with E-state index in [9.17, 15) is 14.4 Å². The van der Waals surface area contributed by atoms with Crippen LogP contribution in [0.4, 0.5) is 0 Å². The molecule has 2 aliphatic heterocycles. The molecule has 1 aromatic rings. The van der Waals surface area contributed by atoms with E-state index >= 15 is 0 Å². The third-order valence-electron chi connectivity index (χ3n) is 5.40. The second-order valence-corrected chi connectivity index (χ2v) is 6.33. The van der Waals surface area contributed by atoms with Crippen LogP contribution in [0.1, 0.15) is 18.9 Å². The fourth-order valence-electron chi connectivity index (χ4n) is 4.26. The first-order valence-corrected chi connectivity index (χ1v) is 8.08. The number of Topliss-reactive ketones (excluding diaryl/α,β-unsaturated/α-hetero) is 1. The van der Waals surface area contributed by atoms with Crippen LogP contribution in [0.5, 0.6) is 11.5 Å². The standard InChI is InChI=1S/C18H17NO6/c1-3-10-8-17(16(22)23-4-2)14(20)15(21)19-18(10,17)11-5-6-12-13(7-11)25-9-24-12/h3,5-7,10H,1,4,8-9H2,2H3,(H,19,21)/t10-,17-,18+/m0/s1. The summed E-state index contributed by atoms with van der Waals surface area (Å²) in [6.07, 6.45) is 1.84. The minimum atomic E-state index is -1.58. The molecule has 4 rings (SSSR count). The molecule has 1 aliphatic carbocycles. The number of carbonyl (C=O) groups excluding carboxylic acids is 3. The molecule has 3 aliphatic rings. The Morgan fingerprint density at radius 1 is 1.40 bits per heavy atom. The predicted molar refractivity (Wildman–Crippen MR) is 84.8 cm³/mol. The number of amides is 1. The monoisotopic (exact) mass is 343 g/mol. The van der Waals surface area contributed by atoms with E-state index in [4.69, 9.17) is 14.2 Å². The van der Waals surface area contributed by atoms with Crippen LogP contribution in [0.15, 0.2) is 30.9 Å². The van der Waals surface area contributed by atoms with Gasteiger partial charge in [0.25, 0.3) is 5.91 Å². The zero-order valence-corrected chi connectivity index (χ0v) is 13.7. The lowest BCUT2D eigenvalue weighted by Gasteiger charge is -2.56. The zero-order valence-electron chi connectivity index (χ0n) is 13.7. The first-order valence-electron chi connectivity index (χ1n) is 8.08. The van der Waals surface area contributed by atoms with Crippen molar-refractivity contribution in [1.82, 2.24) is 5.32 Å². The van der Waals surface area contributed by atoms with Crippen LogP contribution in [0, 0.1) is 11.3 Å². The molecule has 3 atom stereocenters. The Labute approximate surface area is 143 Å². The van der Waals surface area contributed by atoms with Crippen molar-refractivity contribution in [2.24, 2.45) is 11.3 Å². The maximum absolute atomic E-state index is 12.7. The van der Waals surface area contributed by atoms with Gasteiger partial charge in [0, 0.05) is 5.92 Å². The van der Waals surface area contributed by atoms with Crippen molar-refractivity contribution in [2.45, 2.75) is 18.9 Å². The topological polar surface area (TPSA) is 90.9 Å². The molecule has 0 spiro atoms. The summed E-state index contributed by atoms with van der Waals surface area (Å²) in [4.78, 5) is 37.7. The number of carbonyl (C=O) groups is 3. The maximum atomic E-state index is 12.7. The lowest BCUT2D eigenvalue weighted by Crippen LogP contribution is -2.68. The normalized spacial score (nSPS) is 31.8. The highest BCUT2D eigenvalue weighted by Crippen LogP contribution is 2.64. The van der Waals surface area contributed by atoms with Crippen LogP contribution in [0.25, 0.3) is 0 Å². The number of ether oxygens (including phenoxy) is 3. The summed E-state index contributed by atoms with van der Waals surface area (Å²) in [6.45, 7) is 5.69. The van der Waals surface area contributed by atoms with Gasteiger partial charge in [0.15, 0.2) is 16.9 Å². The molecule has 1 saturated carbocycles. The molecule has 130 valence electrons. The predicted octanol–water partition coefficient (Wildman–Crippen LogP) is 1.06. The summed E-state index contributed by atoms with van der Waals surface area (Å²) in [7, 11) is 0. The Morgan fingerprint density at radius 3 is 2.88 bits per heavy atom. The maximum Gasteiger partial charge on any atom is 0.323 e. The van der Waals surface area contributed by atoms with Crippen molar-refractivity contribution in [2.75, 3.05) is 13.4 Å². The fourth-order valence-corrected chi connectivity index (χ4v) is 4.26. The van der Waals surface area contributed by atoms with E-state index in [2.05, 4.69) is 11.9 Å². The first kappa shape index (κ1) is 15.7. The average molecular weight is 343 g/mol. The van der Waals surface area contributed by atoms with E-state index in [1.165, 1.54) is 0 Å². The van der Waals surface area contributed by atoms with E-state index in [0.29, 0.717) is 17.1 Å². The van der Waals surface area contributed by atoms with Crippen molar-refractivity contribution in [1.29, 1.82) is 0 Å². The Kier molecular flexibility index (Phi) is 3.19. The van der Waals surface area contributed by atoms with Crippen LogP contribution in [0.3, 0.4) is 0 Å². The molecule has 2 fully saturated rings. The molecule has 1 aromatic carbocycles. The van der Waals surface area contributed by atoms with Crippen LogP contribution in [0.2, 0.25) is 0 Å². The Bertz CT molecular complexity index is 818. The van der Waals surface area contributed by atoms with Crippen molar-refractivity contribution in [3.8, 4) is 11.5 Å². The second-order valence-electron chi connectivity index (χ2n) is 6.33. The van der Waals surface area contributed by atoms with Crippen molar-refractivity contribution in [3.63, 3.8) is 0 Å². The molecule has 1 N–H and O–H groups in total. The van der Waals surface area contributed by atoms with Crippen molar-refractivity contribution in [3.05, 3.63) is 36.4 Å². The Balaban J connectivity index is 1.91. The quantitative estimate of drug-likeness (QED) is 0.381. The van der Waals surface area contributed by atoms with E-state index in [1.54, 1.807) is 31.2 Å². The van der Waals surface area contributed by atoms with Crippen molar-refractivity contribution >= 4 is 17.7 Å². The summed E-state index contributed by atoms with van der Waals surface area (Å²) in [5, 5.41) is 2.75. The van der Waals surface area contributed by atoms with E-state index in [-0.39, 0.29) is 25.7 Å². The van der Waals surface area contributed by atoms with Crippen LogP contribution in [-0.2, 0) is 24.7 Å². The lowest BCUT2D eigenvalue weighted by atomic mass is 9.46. The fraction of sp³-hybridized carbons (Fsp3) is 0.389. The summed E-state index contributed by atoms with van der Waals surface area (Å²) in [6, 6.07) is 5.14. The molecule has 7 heteroatoms. The van der Waals surface area contributed by atoms with E-state index < -0.39 is 28.6 Å². The molecule has 1 saturated heterocycles. The molecule has 0 aromatic heterocycles. The van der Waals surface area contributed by atoms with Gasteiger partial charge in [-0.3, -0.25) is 14.4 Å². The van der Waals surface area contributed by atoms with Gasteiger partial charge in [-0.2, -0.15) is 0 Å². The second kappa shape index (κ2) is 5.08. The number of esters is 1. The number of hydrogen-bond acceptors (Lipinski definition) is 6. The van der Waals surface area contributed by atoms with Gasteiger partial charge in [-0.25, -0.2) is 0 Å². The molecular formula is C18H17NO6. The first-order chi connectivity index (χ1) is 12.0. The minimum absolute atomic E-state index is 0.102. The summed E-state index contributed by atoms with van der Waals surface area (Å²) in [5.41, 5.74) is -2.19. The van der Waals surface area contributed by atoms with Gasteiger partial charge in [0.05, 0.1) is 12.1 Å². The summed E-state index contributed by atoms with van der Waals surface area (Å²) >= 11 is 0. The highest BCUT2D eigenvalue weighted by molar-refractivity contribution is 6.45. The SMILES string of the molecule is C=C[C@H]1C[C@@]2(C(=O)OCC)C(=O)C(=O)N[C@@]12c1ccc2c(c1)OCO2. The number of nitrogens with one attached hydrogen (secondary N) is 1. The average Bonchev–Trinajstić information content (AvgIpc) is 3.12. The number of rotatable bonds is 4. The van der Waals surface area contributed by atoms with Crippen LogP contribution < -0.4 is 14.8 Å². The van der Waals surface area contributed by atoms with Gasteiger partial charge in [0.1, 0.15) is 0 Å². The summed E-state index contributed by atoms with van der Waals surface area (Å²) in [5.74, 6) is -1.43. The third-order valence-corrected chi connectivity index (χ3v) is 5.40. The largest absolute Gasteiger partial charge is 0.465 e. The molecular weight excluding hydrogens is 326 g/mol. The Hall–Kier alpha value is -2.83. The van der Waals surface area contributed by atoms with Crippen LogP contribution in [-0.4, -0.2) is 31.1 Å². The number of ketones is 1. The number of benzene rings is 1. The molecule has 2 heterocycles. The molecule has 25 heavy (non-hydrogen) atoms. The smallest absolute Gasteiger partial charge is 0.323 e. The van der Waals surface area contributed by atoms with Gasteiger partial charge in [-0.1, -0.05) is 12.1 Å². The lowest BCUT2D eigenvalue weighted by molar-refractivity contribution is -0.177. The zero-order chi connectivity index (χ0) is 17.8. The molecule has 7 nitrogen and oxygen atoms in total. The Morgan fingerprint density at radius 2 is 2.16 bits per heavy atom. The van der Waals surface area contributed by atoms with Crippen LogP contribution >= 0.6 is 0 Å². The molecule has 0 radical (unpaired) electrons. The third kappa shape index (κ3) is 1.67. The van der Waals surface area contributed by atoms with E-state index in [1.807, 2.05) is 0 Å². The van der Waals surface area contributed by atoms with E-state index in [0.717, 1.165) is 0 Å².